The van der Waals surface area contributed by atoms with Crippen LogP contribution in [0.2, 0.25) is 0 Å². The minimum Gasteiger partial charge on any atom is -0.378 e. The summed E-state index contributed by atoms with van der Waals surface area (Å²) in [6, 6.07) is 0. The van der Waals surface area contributed by atoms with E-state index in [0.717, 1.165) is 0 Å². The van der Waals surface area contributed by atoms with E-state index in [1.807, 2.05) is 7.11 Å². The van der Waals surface area contributed by atoms with Crippen molar-refractivity contribution < 1.29 is 4.74 Å². The van der Waals surface area contributed by atoms with Crippen LogP contribution in [0.3, 0.4) is 0 Å². The highest BCUT2D eigenvalue weighted by atomic mass is 16.5. The van der Waals surface area contributed by atoms with E-state index in [0.29, 0.717) is 5.60 Å². The van der Waals surface area contributed by atoms with Crippen molar-refractivity contribution in [2.24, 2.45) is 0 Å². The molecular weight excluding hydrogens is 160 g/mol. The van der Waals surface area contributed by atoms with E-state index < -0.39 is 0 Å². The Labute approximate surface area is 82.9 Å². The molecule has 1 rings (SSSR count). The van der Waals surface area contributed by atoms with Gasteiger partial charge < -0.3 is 4.74 Å². The monoisotopic (exact) mass is 184 g/mol. The number of hydrogen-bond donors (Lipinski definition) is 0. The zero-order valence-corrected chi connectivity index (χ0v) is 9.27. The first kappa shape index (κ1) is 11.0. The number of ether oxygens (including phenoxy) is 1. The van der Waals surface area contributed by atoms with Crippen LogP contribution in [-0.2, 0) is 4.74 Å². The number of rotatable bonds is 8. The van der Waals surface area contributed by atoms with Gasteiger partial charge in [-0.3, -0.25) is 0 Å². The van der Waals surface area contributed by atoms with Gasteiger partial charge in [0.25, 0.3) is 0 Å². The standard InChI is InChI=1S/C12H24O/c1-3-4-5-6-7-8-9-12(13-2)10-11-12/h3-11H2,1-2H3. The molecule has 1 fully saturated rings. The van der Waals surface area contributed by atoms with E-state index in [9.17, 15) is 0 Å². The van der Waals surface area contributed by atoms with Crippen molar-refractivity contribution in [1.82, 2.24) is 0 Å². The molecule has 0 heterocycles. The zero-order chi connectivity index (χ0) is 9.57. The van der Waals surface area contributed by atoms with Crippen LogP contribution in [0.25, 0.3) is 0 Å². The lowest BCUT2D eigenvalue weighted by molar-refractivity contribution is 0.0704. The lowest BCUT2D eigenvalue weighted by Gasteiger charge is -2.12. The van der Waals surface area contributed by atoms with E-state index in [1.54, 1.807) is 0 Å². The molecule has 0 aromatic carbocycles. The molecular formula is C12H24O. The van der Waals surface area contributed by atoms with Crippen molar-refractivity contribution >= 4 is 0 Å². The van der Waals surface area contributed by atoms with Crippen molar-refractivity contribution in [2.75, 3.05) is 7.11 Å². The third kappa shape index (κ3) is 4.12. The fraction of sp³-hybridized carbons (Fsp3) is 1.00. The molecule has 0 aromatic rings. The molecule has 0 N–H and O–H groups in total. The summed E-state index contributed by atoms with van der Waals surface area (Å²) in [5, 5.41) is 0. The summed E-state index contributed by atoms with van der Waals surface area (Å²) in [6.07, 6.45) is 12.3. The summed E-state index contributed by atoms with van der Waals surface area (Å²) in [5.41, 5.74) is 0.338. The predicted molar refractivity (Wildman–Crippen MR) is 57.0 cm³/mol. The lowest BCUT2D eigenvalue weighted by atomic mass is 10.1. The van der Waals surface area contributed by atoms with Gasteiger partial charge in [0.2, 0.25) is 0 Å². The minimum absolute atomic E-state index is 0.338. The molecule has 0 aromatic heterocycles. The summed E-state index contributed by atoms with van der Waals surface area (Å²) in [5.74, 6) is 0. The van der Waals surface area contributed by atoms with Crippen LogP contribution >= 0.6 is 0 Å². The van der Waals surface area contributed by atoms with Crippen LogP contribution in [0.5, 0.6) is 0 Å². The first-order chi connectivity index (χ1) is 6.33. The highest BCUT2D eigenvalue weighted by Gasteiger charge is 2.41. The van der Waals surface area contributed by atoms with Crippen LogP contribution in [0.1, 0.15) is 64.7 Å². The molecule has 1 heteroatoms. The second-order valence-corrected chi connectivity index (χ2v) is 4.40. The summed E-state index contributed by atoms with van der Waals surface area (Å²) in [6.45, 7) is 2.27. The molecule has 0 unspecified atom stereocenters. The number of unbranched alkanes of at least 4 members (excludes halogenated alkanes) is 5. The Bertz CT molecular complexity index is 127. The van der Waals surface area contributed by atoms with Crippen LogP contribution in [0.4, 0.5) is 0 Å². The van der Waals surface area contributed by atoms with E-state index in [4.69, 9.17) is 4.74 Å². The minimum atomic E-state index is 0.338. The quantitative estimate of drug-likeness (QED) is 0.520. The van der Waals surface area contributed by atoms with E-state index >= 15 is 0 Å². The molecule has 0 spiro atoms. The van der Waals surface area contributed by atoms with E-state index in [2.05, 4.69) is 6.92 Å². The molecule has 78 valence electrons. The van der Waals surface area contributed by atoms with Crippen LogP contribution in [0, 0.1) is 0 Å². The molecule has 1 saturated carbocycles. The average Bonchev–Trinajstić information content (AvgIpc) is 2.92. The first-order valence-electron chi connectivity index (χ1n) is 5.88. The van der Waals surface area contributed by atoms with Crippen molar-refractivity contribution in [2.45, 2.75) is 70.3 Å². The fourth-order valence-electron chi connectivity index (χ4n) is 1.92. The van der Waals surface area contributed by atoms with Crippen LogP contribution in [0.15, 0.2) is 0 Å². The van der Waals surface area contributed by atoms with Crippen molar-refractivity contribution in [1.29, 1.82) is 0 Å². The Balaban J connectivity index is 1.84. The Morgan fingerprint density at radius 1 is 1.00 bits per heavy atom. The maximum absolute atomic E-state index is 5.48. The number of hydrogen-bond acceptors (Lipinski definition) is 1. The zero-order valence-electron chi connectivity index (χ0n) is 9.27. The SMILES string of the molecule is CCCCCCCCC1(OC)CC1. The van der Waals surface area contributed by atoms with Gasteiger partial charge in [0.1, 0.15) is 0 Å². The molecule has 1 aliphatic rings. The molecule has 13 heavy (non-hydrogen) atoms. The summed E-state index contributed by atoms with van der Waals surface area (Å²) in [7, 11) is 1.87. The van der Waals surface area contributed by atoms with Crippen LogP contribution in [-0.4, -0.2) is 12.7 Å². The first-order valence-corrected chi connectivity index (χ1v) is 5.88. The normalized spacial score (nSPS) is 18.9. The molecule has 0 amide bonds. The molecule has 0 aliphatic heterocycles. The van der Waals surface area contributed by atoms with Crippen molar-refractivity contribution in [3.8, 4) is 0 Å². The molecule has 0 atom stereocenters. The molecule has 0 saturated heterocycles. The molecule has 0 radical (unpaired) electrons. The second kappa shape index (κ2) is 5.64. The van der Waals surface area contributed by atoms with E-state index in [-0.39, 0.29) is 0 Å². The van der Waals surface area contributed by atoms with Gasteiger partial charge in [-0.2, -0.15) is 0 Å². The van der Waals surface area contributed by atoms with Gasteiger partial charge >= 0.3 is 0 Å². The van der Waals surface area contributed by atoms with Crippen molar-refractivity contribution in [3.63, 3.8) is 0 Å². The highest BCUT2D eigenvalue weighted by molar-refractivity contribution is 4.94. The Morgan fingerprint density at radius 3 is 2.15 bits per heavy atom. The highest BCUT2D eigenvalue weighted by Crippen LogP contribution is 2.43. The van der Waals surface area contributed by atoms with Crippen molar-refractivity contribution in [3.05, 3.63) is 0 Å². The fourth-order valence-corrected chi connectivity index (χ4v) is 1.92. The molecule has 1 nitrogen and oxygen atoms in total. The van der Waals surface area contributed by atoms with Gasteiger partial charge in [0.05, 0.1) is 5.60 Å². The summed E-state index contributed by atoms with van der Waals surface area (Å²) >= 11 is 0. The molecule has 1 aliphatic carbocycles. The third-order valence-electron chi connectivity index (χ3n) is 3.23. The maximum atomic E-state index is 5.48. The second-order valence-electron chi connectivity index (χ2n) is 4.40. The number of methoxy groups -OCH3 is 1. The van der Waals surface area contributed by atoms with Gasteiger partial charge in [0.15, 0.2) is 0 Å². The predicted octanol–water partition coefficient (Wildman–Crippen LogP) is 3.92. The summed E-state index contributed by atoms with van der Waals surface area (Å²) < 4.78 is 5.48. The third-order valence-corrected chi connectivity index (χ3v) is 3.23. The topological polar surface area (TPSA) is 9.23 Å². The lowest BCUT2D eigenvalue weighted by Crippen LogP contribution is -2.10. The Hall–Kier alpha value is -0.0400. The Kier molecular flexibility index (Phi) is 4.79. The maximum Gasteiger partial charge on any atom is 0.0681 e. The van der Waals surface area contributed by atoms with Gasteiger partial charge in [-0.05, 0) is 19.3 Å². The van der Waals surface area contributed by atoms with Gasteiger partial charge in [-0.25, -0.2) is 0 Å². The van der Waals surface area contributed by atoms with Crippen LogP contribution < -0.4 is 0 Å². The van der Waals surface area contributed by atoms with Gasteiger partial charge in [-0.1, -0.05) is 45.4 Å². The van der Waals surface area contributed by atoms with Gasteiger partial charge in [0, 0.05) is 7.11 Å². The molecule has 0 bridgehead atoms. The Morgan fingerprint density at radius 2 is 1.62 bits per heavy atom. The van der Waals surface area contributed by atoms with E-state index in [1.165, 1.54) is 57.8 Å². The smallest absolute Gasteiger partial charge is 0.0681 e. The van der Waals surface area contributed by atoms with Gasteiger partial charge in [-0.15, -0.1) is 0 Å². The summed E-state index contributed by atoms with van der Waals surface area (Å²) in [4.78, 5) is 0. The largest absolute Gasteiger partial charge is 0.378 e. The average molecular weight is 184 g/mol.